The molecule has 2 atom stereocenters. The van der Waals surface area contributed by atoms with Crippen molar-refractivity contribution in [2.75, 3.05) is 26.7 Å². The Morgan fingerprint density at radius 2 is 2.08 bits per heavy atom. The molecule has 2 aromatic rings. The van der Waals surface area contributed by atoms with Gasteiger partial charge in [0.1, 0.15) is 5.75 Å². The van der Waals surface area contributed by atoms with Crippen LogP contribution in [0.2, 0.25) is 0 Å². The lowest BCUT2D eigenvalue weighted by atomic mass is 9.71. The van der Waals surface area contributed by atoms with Crippen molar-refractivity contribution in [1.82, 2.24) is 10.2 Å². The minimum Gasteiger partial charge on any atom is -0.497 e. The number of likely N-dealkylation sites (tertiary alicyclic amines) is 1. The van der Waals surface area contributed by atoms with Gasteiger partial charge in [-0.2, -0.15) is 0 Å². The Labute approximate surface area is 153 Å². The van der Waals surface area contributed by atoms with Crippen molar-refractivity contribution in [1.29, 1.82) is 0 Å². The van der Waals surface area contributed by atoms with Crippen molar-refractivity contribution >= 4 is 16.7 Å². The molecule has 0 aromatic heterocycles. The number of nitrogens with one attached hydrogen (secondary N) is 1. The maximum absolute atomic E-state index is 12.5. The number of amides is 1. The first kappa shape index (κ1) is 17.3. The number of ether oxygens (including phenoxy) is 1. The van der Waals surface area contributed by atoms with E-state index in [0.717, 1.165) is 43.6 Å². The third-order valence-corrected chi connectivity index (χ3v) is 5.92. The van der Waals surface area contributed by atoms with Crippen LogP contribution in [0.25, 0.3) is 10.8 Å². The number of fused-ring (bicyclic) bond motifs is 1. The van der Waals surface area contributed by atoms with Gasteiger partial charge in [0.05, 0.1) is 18.6 Å². The highest BCUT2D eigenvalue weighted by atomic mass is 16.5. The quantitative estimate of drug-likeness (QED) is 0.888. The molecule has 138 valence electrons. The molecule has 0 saturated carbocycles. The smallest absolute Gasteiger partial charge is 0.230 e. The van der Waals surface area contributed by atoms with Crippen molar-refractivity contribution in [3.05, 3.63) is 42.0 Å². The molecule has 5 heteroatoms. The molecular formula is C21H26N2O3. The highest BCUT2D eigenvalue weighted by Gasteiger charge is 2.49. The highest BCUT2D eigenvalue weighted by Crippen LogP contribution is 2.37. The van der Waals surface area contributed by atoms with Crippen LogP contribution in [0.1, 0.15) is 24.8 Å². The molecule has 0 radical (unpaired) electrons. The maximum Gasteiger partial charge on any atom is 0.230 e. The molecule has 2 aromatic carbocycles. The zero-order valence-electron chi connectivity index (χ0n) is 15.2. The highest BCUT2D eigenvalue weighted by molar-refractivity contribution is 5.85. The molecule has 26 heavy (non-hydrogen) atoms. The van der Waals surface area contributed by atoms with Crippen LogP contribution in [0.15, 0.2) is 36.4 Å². The zero-order chi connectivity index (χ0) is 18.1. The number of carbonyl (C=O) groups is 1. The lowest BCUT2D eigenvalue weighted by Gasteiger charge is -2.47. The summed E-state index contributed by atoms with van der Waals surface area (Å²) >= 11 is 0. The van der Waals surface area contributed by atoms with Crippen molar-refractivity contribution in [3.8, 4) is 5.75 Å². The number of benzene rings is 2. The van der Waals surface area contributed by atoms with E-state index in [-0.39, 0.29) is 5.91 Å². The van der Waals surface area contributed by atoms with Gasteiger partial charge < -0.3 is 15.2 Å². The number of methoxy groups -OCH3 is 1. The summed E-state index contributed by atoms with van der Waals surface area (Å²) in [4.78, 5) is 14.8. The molecule has 2 saturated heterocycles. The van der Waals surface area contributed by atoms with E-state index in [1.165, 1.54) is 10.9 Å². The van der Waals surface area contributed by atoms with E-state index in [1.54, 1.807) is 7.11 Å². The molecular weight excluding hydrogens is 328 g/mol. The molecule has 0 unspecified atom stereocenters. The van der Waals surface area contributed by atoms with Gasteiger partial charge in [-0.15, -0.1) is 0 Å². The minimum atomic E-state index is -0.638. The average molecular weight is 354 g/mol. The normalized spacial score (nSPS) is 26.8. The first-order valence-corrected chi connectivity index (χ1v) is 9.36. The molecule has 2 N–H and O–H groups in total. The van der Waals surface area contributed by atoms with Crippen LogP contribution in [-0.4, -0.2) is 48.8 Å². The SMILES string of the molecule is COc1ccc2cc(CN3CC[C@@H](O)[C@@]4(CCCNC4=O)C3)ccc2c1. The number of piperidine rings is 2. The third-order valence-electron chi connectivity index (χ3n) is 5.92. The van der Waals surface area contributed by atoms with Gasteiger partial charge in [0.15, 0.2) is 0 Å². The summed E-state index contributed by atoms with van der Waals surface area (Å²) in [7, 11) is 1.68. The number of rotatable bonds is 3. The van der Waals surface area contributed by atoms with Crippen LogP contribution in [0.4, 0.5) is 0 Å². The Kier molecular flexibility index (Phi) is 4.59. The van der Waals surface area contributed by atoms with Gasteiger partial charge in [-0.3, -0.25) is 9.69 Å². The number of carbonyl (C=O) groups excluding carboxylic acids is 1. The van der Waals surface area contributed by atoms with Gasteiger partial charge in [-0.1, -0.05) is 18.2 Å². The standard InChI is InChI=1S/C21H26N2O3/c1-26-18-6-5-16-11-15(3-4-17(16)12-18)13-23-10-7-19(24)21(14-23)8-2-9-22-20(21)25/h3-6,11-12,19,24H,2,7-10,13-14H2,1H3,(H,22,25)/t19-,21-/m1/s1. The van der Waals surface area contributed by atoms with Crippen molar-refractivity contribution in [2.24, 2.45) is 5.41 Å². The number of aliphatic hydroxyl groups is 1. The Bertz CT molecular complexity index is 822. The molecule has 2 aliphatic heterocycles. The molecule has 2 aliphatic rings. The Hall–Kier alpha value is -2.11. The van der Waals surface area contributed by atoms with Crippen molar-refractivity contribution in [3.63, 3.8) is 0 Å². The molecule has 2 fully saturated rings. The molecule has 4 rings (SSSR count). The lowest BCUT2D eigenvalue weighted by Crippen LogP contribution is -2.61. The number of hydrogen-bond donors (Lipinski definition) is 2. The fourth-order valence-electron chi connectivity index (χ4n) is 4.42. The maximum atomic E-state index is 12.5. The number of nitrogens with zero attached hydrogens (tertiary/aromatic N) is 1. The molecule has 5 nitrogen and oxygen atoms in total. The Morgan fingerprint density at radius 3 is 2.88 bits per heavy atom. The van der Waals surface area contributed by atoms with Crippen LogP contribution < -0.4 is 10.1 Å². The summed E-state index contributed by atoms with van der Waals surface area (Å²) < 4.78 is 5.29. The number of aliphatic hydroxyl groups excluding tert-OH is 1. The Balaban J connectivity index is 1.53. The van der Waals surface area contributed by atoms with Crippen LogP contribution >= 0.6 is 0 Å². The third kappa shape index (κ3) is 3.06. The molecule has 0 aliphatic carbocycles. The topological polar surface area (TPSA) is 61.8 Å². The van der Waals surface area contributed by atoms with Crippen LogP contribution in [0.3, 0.4) is 0 Å². The molecule has 1 amide bonds. The van der Waals surface area contributed by atoms with Gasteiger partial charge in [0.25, 0.3) is 0 Å². The van der Waals surface area contributed by atoms with Crippen molar-refractivity contribution in [2.45, 2.75) is 31.9 Å². The zero-order valence-corrected chi connectivity index (χ0v) is 15.2. The van der Waals surface area contributed by atoms with E-state index < -0.39 is 11.5 Å². The van der Waals surface area contributed by atoms with Gasteiger partial charge in [0.2, 0.25) is 5.91 Å². The molecule has 1 spiro atoms. The summed E-state index contributed by atoms with van der Waals surface area (Å²) in [6.07, 6.45) is 1.82. The first-order valence-electron chi connectivity index (χ1n) is 9.36. The second kappa shape index (κ2) is 6.89. The fraction of sp³-hybridized carbons (Fsp3) is 0.476. The lowest BCUT2D eigenvalue weighted by molar-refractivity contribution is -0.149. The fourth-order valence-corrected chi connectivity index (χ4v) is 4.42. The summed E-state index contributed by atoms with van der Waals surface area (Å²) in [6, 6.07) is 12.6. The summed E-state index contributed by atoms with van der Waals surface area (Å²) in [5.74, 6) is 0.882. The van der Waals surface area contributed by atoms with E-state index in [1.807, 2.05) is 12.1 Å². The van der Waals surface area contributed by atoms with Crippen LogP contribution in [0, 0.1) is 5.41 Å². The first-order chi connectivity index (χ1) is 12.6. The monoisotopic (exact) mass is 354 g/mol. The molecule has 2 heterocycles. The summed E-state index contributed by atoms with van der Waals surface area (Å²) in [5.41, 5.74) is 0.589. The van der Waals surface area contributed by atoms with Crippen LogP contribution in [-0.2, 0) is 11.3 Å². The van der Waals surface area contributed by atoms with E-state index >= 15 is 0 Å². The van der Waals surface area contributed by atoms with E-state index in [0.29, 0.717) is 13.0 Å². The largest absolute Gasteiger partial charge is 0.497 e. The van der Waals surface area contributed by atoms with Gasteiger partial charge in [-0.25, -0.2) is 0 Å². The van der Waals surface area contributed by atoms with Gasteiger partial charge in [-0.05, 0) is 53.8 Å². The van der Waals surface area contributed by atoms with Gasteiger partial charge in [0, 0.05) is 26.2 Å². The van der Waals surface area contributed by atoms with E-state index in [9.17, 15) is 9.90 Å². The van der Waals surface area contributed by atoms with E-state index in [2.05, 4.69) is 34.5 Å². The average Bonchev–Trinajstić information content (AvgIpc) is 2.66. The summed E-state index contributed by atoms with van der Waals surface area (Å²) in [5, 5.41) is 15.8. The summed E-state index contributed by atoms with van der Waals surface area (Å²) in [6.45, 7) is 2.96. The van der Waals surface area contributed by atoms with E-state index in [4.69, 9.17) is 4.74 Å². The second-order valence-corrected chi connectivity index (χ2v) is 7.58. The number of hydrogen-bond acceptors (Lipinski definition) is 4. The Morgan fingerprint density at radius 1 is 1.27 bits per heavy atom. The van der Waals surface area contributed by atoms with Gasteiger partial charge >= 0.3 is 0 Å². The minimum absolute atomic E-state index is 0.0200. The predicted octanol–water partition coefficient (Wildman–Crippen LogP) is 2.31. The molecule has 0 bridgehead atoms. The van der Waals surface area contributed by atoms with Crippen molar-refractivity contribution < 1.29 is 14.6 Å². The second-order valence-electron chi connectivity index (χ2n) is 7.58. The van der Waals surface area contributed by atoms with Crippen LogP contribution in [0.5, 0.6) is 5.75 Å². The predicted molar refractivity (Wildman–Crippen MR) is 101 cm³/mol.